The van der Waals surface area contributed by atoms with Crippen LogP contribution in [-0.4, -0.2) is 29.8 Å². The molecular weight excluding hydrogens is 300 g/mol. The summed E-state index contributed by atoms with van der Waals surface area (Å²) < 4.78 is 0. The summed E-state index contributed by atoms with van der Waals surface area (Å²) in [4.78, 5) is 26.6. The molecule has 1 heterocycles. The van der Waals surface area contributed by atoms with Crippen LogP contribution in [0, 0.1) is 17.8 Å². The van der Waals surface area contributed by atoms with Crippen molar-refractivity contribution in [2.45, 2.75) is 45.1 Å². The van der Waals surface area contributed by atoms with E-state index in [1.165, 1.54) is 19.3 Å². The summed E-state index contributed by atoms with van der Waals surface area (Å²) in [7, 11) is 0. The third kappa shape index (κ3) is 3.06. The van der Waals surface area contributed by atoms with Gasteiger partial charge in [0.05, 0.1) is 0 Å². The summed E-state index contributed by atoms with van der Waals surface area (Å²) in [5.74, 6) is 2.00. The van der Waals surface area contributed by atoms with Gasteiger partial charge in [-0.25, -0.2) is 0 Å². The highest BCUT2D eigenvalue weighted by Gasteiger charge is 2.42. The second-order valence-electron chi connectivity index (χ2n) is 7.70. The molecule has 2 bridgehead atoms. The molecule has 3 atom stereocenters. The second kappa shape index (κ2) is 6.58. The van der Waals surface area contributed by atoms with Crippen LogP contribution in [0.3, 0.4) is 0 Å². The zero-order chi connectivity index (χ0) is 16.5. The lowest BCUT2D eigenvalue weighted by Crippen LogP contribution is -2.33. The van der Waals surface area contributed by atoms with Crippen LogP contribution in [0.2, 0.25) is 0 Å². The molecule has 2 amide bonds. The highest BCUT2D eigenvalue weighted by Crippen LogP contribution is 2.48. The van der Waals surface area contributed by atoms with E-state index in [-0.39, 0.29) is 17.7 Å². The Morgan fingerprint density at radius 3 is 2.42 bits per heavy atom. The van der Waals surface area contributed by atoms with Gasteiger partial charge < -0.3 is 10.2 Å². The standard InChI is InChI=1S/C20H26N2O2/c23-19(18-12-15-5-8-17(18)11-15)21-13-14-3-6-16(7-4-14)20(24)22-9-1-2-10-22/h3-4,6-7,15,17-18H,1-2,5,8-13H2,(H,21,23). The third-order valence-electron chi connectivity index (χ3n) is 6.14. The first-order chi connectivity index (χ1) is 11.7. The highest BCUT2D eigenvalue weighted by atomic mass is 16.2. The number of nitrogens with zero attached hydrogens (tertiary/aromatic N) is 1. The minimum atomic E-state index is 0.130. The summed E-state index contributed by atoms with van der Waals surface area (Å²) in [5.41, 5.74) is 1.81. The summed E-state index contributed by atoms with van der Waals surface area (Å²) >= 11 is 0. The molecule has 24 heavy (non-hydrogen) atoms. The van der Waals surface area contributed by atoms with Gasteiger partial charge >= 0.3 is 0 Å². The van der Waals surface area contributed by atoms with Gasteiger partial charge in [-0.3, -0.25) is 9.59 Å². The molecule has 128 valence electrons. The predicted octanol–water partition coefficient (Wildman–Crippen LogP) is 2.98. The van der Waals surface area contributed by atoms with Gasteiger partial charge in [-0.1, -0.05) is 18.6 Å². The number of fused-ring (bicyclic) bond motifs is 2. The molecule has 2 saturated carbocycles. The van der Waals surface area contributed by atoms with E-state index in [9.17, 15) is 9.59 Å². The van der Waals surface area contributed by atoms with E-state index in [1.54, 1.807) is 0 Å². The average molecular weight is 326 g/mol. The quantitative estimate of drug-likeness (QED) is 0.925. The fourth-order valence-electron chi connectivity index (χ4n) is 4.75. The van der Waals surface area contributed by atoms with E-state index in [1.807, 2.05) is 29.2 Å². The molecule has 4 nitrogen and oxygen atoms in total. The smallest absolute Gasteiger partial charge is 0.253 e. The Morgan fingerprint density at radius 2 is 1.79 bits per heavy atom. The number of hydrogen-bond donors (Lipinski definition) is 1. The highest BCUT2D eigenvalue weighted by molar-refractivity contribution is 5.94. The Bertz CT molecular complexity index is 619. The van der Waals surface area contributed by atoms with E-state index in [0.717, 1.165) is 49.4 Å². The first-order valence-corrected chi connectivity index (χ1v) is 9.36. The SMILES string of the molecule is O=C(NCc1ccc(C(=O)N2CCCC2)cc1)C1CC2CCC1C2. The molecule has 2 aliphatic carbocycles. The zero-order valence-corrected chi connectivity index (χ0v) is 14.2. The van der Waals surface area contributed by atoms with Crippen molar-refractivity contribution in [3.05, 3.63) is 35.4 Å². The van der Waals surface area contributed by atoms with Gasteiger partial charge in [0.2, 0.25) is 5.91 Å². The van der Waals surface area contributed by atoms with E-state index in [2.05, 4.69) is 5.32 Å². The van der Waals surface area contributed by atoms with Crippen molar-refractivity contribution in [1.82, 2.24) is 10.2 Å². The van der Waals surface area contributed by atoms with Gasteiger partial charge in [-0.05, 0) is 61.6 Å². The van der Waals surface area contributed by atoms with Gasteiger partial charge in [0.15, 0.2) is 0 Å². The minimum Gasteiger partial charge on any atom is -0.352 e. The molecule has 4 rings (SSSR count). The number of amides is 2. The summed E-state index contributed by atoms with van der Waals surface area (Å²) in [6, 6.07) is 7.70. The molecule has 4 heteroatoms. The van der Waals surface area contributed by atoms with Crippen LogP contribution in [0.4, 0.5) is 0 Å². The van der Waals surface area contributed by atoms with Gasteiger partial charge in [0.25, 0.3) is 5.91 Å². The van der Waals surface area contributed by atoms with Crippen molar-refractivity contribution in [2.75, 3.05) is 13.1 Å². The molecule has 0 aromatic heterocycles. The van der Waals surface area contributed by atoms with Crippen molar-refractivity contribution >= 4 is 11.8 Å². The summed E-state index contributed by atoms with van der Waals surface area (Å²) in [5, 5.41) is 3.10. The number of benzene rings is 1. The number of rotatable bonds is 4. The largest absolute Gasteiger partial charge is 0.352 e. The van der Waals surface area contributed by atoms with Crippen LogP contribution in [-0.2, 0) is 11.3 Å². The minimum absolute atomic E-state index is 0.130. The van der Waals surface area contributed by atoms with E-state index < -0.39 is 0 Å². The van der Waals surface area contributed by atoms with Gasteiger partial charge in [0.1, 0.15) is 0 Å². The predicted molar refractivity (Wildman–Crippen MR) is 92.4 cm³/mol. The summed E-state index contributed by atoms with van der Waals surface area (Å²) in [6.07, 6.45) is 7.11. The molecule has 3 fully saturated rings. The Morgan fingerprint density at radius 1 is 1.04 bits per heavy atom. The maximum absolute atomic E-state index is 12.4. The lowest BCUT2D eigenvalue weighted by Gasteiger charge is -2.20. The number of carbonyl (C=O) groups excluding carboxylic acids is 2. The van der Waals surface area contributed by atoms with Crippen LogP contribution in [0.15, 0.2) is 24.3 Å². The van der Waals surface area contributed by atoms with Crippen molar-refractivity contribution < 1.29 is 9.59 Å². The van der Waals surface area contributed by atoms with E-state index in [0.29, 0.717) is 12.5 Å². The van der Waals surface area contributed by atoms with Crippen LogP contribution in [0.25, 0.3) is 0 Å². The fraction of sp³-hybridized carbons (Fsp3) is 0.600. The molecular formula is C20H26N2O2. The number of hydrogen-bond acceptors (Lipinski definition) is 2. The zero-order valence-electron chi connectivity index (χ0n) is 14.2. The van der Waals surface area contributed by atoms with Crippen LogP contribution >= 0.6 is 0 Å². The molecule has 1 aliphatic heterocycles. The van der Waals surface area contributed by atoms with Crippen molar-refractivity contribution in [3.63, 3.8) is 0 Å². The molecule has 3 unspecified atom stereocenters. The average Bonchev–Trinajstić information content (AvgIpc) is 3.37. The topological polar surface area (TPSA) is 49.4 Å². The van der Waals surface area contributed by atoms with Crippen molar-refractivity contribution in [1.29, 1.82) is 0 Å². The van der Waals surface area contributed by atoms with Gasteiger partial charge in [-0.15, -0.1) is 0 Å². The van der Waals surface area contributed by atoms with E-state index >= 15 is 0 Å². The molecule has 0 spiro atoms. The first-order valence-electron chi connectivity index (χ1n) is 9.36. The summed E-state index contributed by atoms with van der Waals surface area (Å²) in [6.45, 7) is 2.31. The molecule has 1 saturated heterocycles. The number of carbonyl (C=O) groups is 2. The monoisotopic (exact) mass is 326 g/mol. The number of likely N-dealkylation sites (tertiary alicyclic amines) is 1. The Balaban J connectivity index is 1.30. The lowest BCUT2D eigenvalue weighted by molar-refractivity contribution is -0.126. The van der Waals surface area contributed by atoms with Crippen LogP contribution in [0.5, 0.6) is 0 Å². The Hall–Kier alpha value is -1.84. The maximum Gasteiger partial charge on any atom is 0.253 e. The molecule has 0 radical (unpaired) electrons. The van der Waals surface area contributed by atoms with Crippen molar-refractivity contribution in [2.24, 2.45) is 17.8 Å². The van der Waals surface area contributed by atoms with Gasteiger partial charge in [-0.2, -0.15) is 0 Å². The Labute approximate surface area is 143 Å². The van der Waals surface area contributed by atoms with E-state index in [4.69, 9.17) is 0 Å². The Kier molecular flexibility index (Phi) is 4.30. The molecule has 3 aliphatic rings. The molecule has 1 aromatic rings. The fourth-order valence-corrected chi connectivity index (χ4v) is 4.75. The maximum atomic E-state index is 12.4. The van der Waals surface area contributed by atoms with Crippen LogP contribution in [0.1, 0.15) is 54.4 Å². The molecule has 1 aromatic carbocycles. The second-order valence-corrected chi connectivity index (χ2v) is 7.70. The lowest BCUT2D eigenvalue weighted by atomic mass is 9.88. The van der Waals surface area contributed by atoms with Crippen molar-refractivity contribution in [3.8, 4) is 0 Å². The third-order valence-corrected chi connectivity index (χ3v) is 6.14. The first kappa shape index (κ1) is 15.7. The normalized spacial score (nSPS) is 28.3. The molecule has 1 N–H and O–H groups in total. The van der Waals surface area contributed by atoms with Gasteiger partial charge in [0, 0.05) is 31.1 Å². The number of nitrogens with one attached hydrogen (secondary N) is 1. The van der Waals surface area contributed by atoms with Crippen LogP contribution < -0.4 is 5.32 Å².